The van der Waals surface area contributed by atoms with Crippen LogP contribution in [0.25, 0.3) is 0 Å². The lowest BCUT2D eigenvalue weighted by Crippen LogP contribution is -2.37. The molecule has 0 heterocycles. The minimum absolute atomic E-state index is 0.0986. The van der Waals surface area contributed by atoms with Crippen LogP contribution in [0.1, 0.15) is 32.6 Å². The molecular weight excluding hydrogens is 303 g/mol. The van der Waals surface area contributed by atoms with Crippen LogP contribution >= 0.6 is 11.6 Å². The van der Waals surface area contributed by atoms with Crippen LogP contribution in [-0.2, 0) is 10.0 Å². The first-order valence-corrected chi connectivity index (χ1v) is 8.42. The van der Waals surface area contributed by atoms with Crippen molar-refractivity contribution >= 4 is 27.3 Å². The predicted molar refractivity (Wildman–Crippen MR) is 77.6 cm³/mol. The van der Waals surface area contributed by atoms with Gasteiger partial charge in [0.05, 0.1) is 10.7 Å². The summed E-state index contributed by atoms with van der Waals surface area (Å²) in [4.78, 5) is -0.170. The zero-order chi connectivity index (χ0) is 14.9. The Morgan fingerprint density at radius 1 is 1.30 bits per heavy atom. The number of nitrogen functional groups attached to an aromatic ring is 1. The maximum Gasteiger partial charge on any atom is 0.242 e. The van der Waals surface area contributed by atoms with Crippen molar-refractivity contribution in [2.75, 3.05) is 5.73 Å². The molecule has 112 valence electrons. The van der Waals surface area contributed by atoms with Crippen molar-refractivity contribution in [3.63, 3.8) is 0 Å². The lowest BCUT2D eigenvalue weighted by molar-refractivity contribution is 0.332. The summed E-state index contributed by atoms with van der Waals surface area (Å²) >= 11 is 5.81. The van der Waals surface area contributed by atoms with Crippen molar-refractivity contribution in [3.05, 3.63) is 23.0 Å². The topological polar surface area (TPSA) is 72.2 Å². The van der Waals surface area contributed by atoms with E-state index < -0.39 is 15.8 Å². The van der Waals surface area contributed by atoms with Crippen molar-refractivity contribution < 1.29 is 12.8 Å². The van der Waals surface area contributed by atoms with Gasteiger partial charge in [0.1, 0.15) is 10.7 Å². The molecule has 7 heteroatoms. The van der Waals surface area contributed by atoms with Crippen LogP contribution in [0.15, 0.2) is 17.0 Å². The van der Waals surface area contributed by atoms with Crippen molar-refractivity contribution in [1.29, 1.82) is 0 Å². The third-order valence-electron chi connectivity index (χ3n) is 3.68. The summed E-state index contributed by atoms with van der Waals surface area (Å²) < 4.78 is 40.4. The molecule has 1 aliphatic carbocycles. The first-order valence-electron chi connectivity index (χ1n) is 6.56. The van der Waals surface area contributed by atoms with Gasteiger partial charge in [-0.25, -0.2) is 17.5 Å². The van der Waals surface area contributed by atoms with E-state index in [0.717, 1.165) is 37.8 Å². The molecule has 0 bridgehead atoms. The van der Waals surface area contributed by atoms with Crippen LogP contribution in [0.5, 0.6) is 0 Å². The molecule has 0 amide bonds. The summed E-state index contributed by atoms with van der Waals surface area (Å²) in [5, 5.41) is -0.159. The number of nitrogens with one attached hydrogen (secondary N) is 1. The Kier molecular flexibility index (Phi) is 4.56. The maximum atomic E-state index is 13.2. The Bertz CT molecular complexity index is 599. The van der Waals surface area contributed by atoms with Gasteiger partial charge >= 0.3 is 0 Å². The lowest BCUT2D eigenvalue weighted by atomic mass is 9.88. The van der Waals surface area contributed by atoms with E-state index in [2.05, 4.69) is 11.6 Å². The summed E-state index contributed by atoms with van der Waals surface area (Å²) in [6.45, 7) is 2.16. The molecule has 1 aliphatic rings. The molecule has 0 atom stereocenters. The van der Waals surface area contributed by atoms with E-state index in [4.69, 9.17) is 17.3 Å². The van der Waals surface area contributed by atoms with Crippen LogP contribution in [-0.4, -0.2) is 14.5 Å². The highest BCUT2D eigenvalue weighted by Crippen LogP contribution is 2.28. The predicted octanol–water partition coefficient (Wildman–Crippen LogP) is 2.92. The van der Waals surface area contributed by atoms with Crippen LogP contribution in [0.4, 0.5) is 10.1 Å². The van der Waals surface area contributed by atoms with Gasteiger partial charge in [0, 0.05) is 6.04 Å². The molecule has 20 heavy (non-hydrogen) atoms. The zero-order valence-electron chi connectivity index (χ0n) is 11.2. The molecule has 0 unspecified atom stereocenters. The maximum absolute atomic E-state index is 13.2. The standard InChI is InChI=1S/C13H18ClFN2O2S/c1-8-2-4-9(5-3-8)17-20(18,19)13-7-12(16)11(15)6-10(13)14/h6-9,17H,2-5,16H2,1H3. The molecule has 2 rings (SSSR count). The highest BCUT2D eigenvalue weighted by Gasteiger charge is 2.26. The summed E-state index contributed by atoms with van der Waals surface area (Å²) in [7, 11) is -3.78. The van der Waals surface area contributed by atoms with E-state index in [1.807, 2.05) is 0 Å². The Morgan fingerprint density at radius 3 is 2.50 bits per heavy atom. The van der Waals surface area contributed by atoms with E-state index >= 15 is 0 Å². The highest BCUT2D eigenvalue weighted by atomic mass is 35.5. The van der Waals surface area contributed by atoms with Crippen molar-refractivity contribution in [2.24, 2.45) is 5.92 Å². The molecule has 1 fully saturated rings. The second-order valence-electron chi connectivity index (χ2n) is 5.38. The fraction of sp³-hybridized carbons (Fsp3) is 0.538. The van der Waals surface area contributed by atoms with E-state index in [0.29, 0.717) is 5.92 Å². The average molecular weight is 321 g/mol. The molecule has 0 spiro atoms. The molecule has 3 N–H and O–H groups in total. The molecule has 0 saturated heterocycles. The van der Waals surface area contributed by atoms with Crippen molar-refractivity contribution in [2.45, 2.75) is 43.5 Å². The number of nitrogens with two attached hydrogens (primary N) is 1. The molecular formula is C13H18ClFN2O2S. The first kappa shape index (κ1) is 15.5. The van der Waals surface area contributed by atoms with Crippen molar-refractivity contribution in [1.82, 2.24) is 4.72 Å². The molecule has 0 aromatic heterocycles. The number of hydrogen-bond donors (Lipinski definition) is 2. The number of anilines is 1. The molecule has 1 aromatic rings. The Hall–Kier alpha value is -0.850. The minimum atomic E-state index is -3.78. The quantitative estimate of drug-likeness (QED) is 0.841. The van der Waals surface area contributed by atoms with E-state index in [-0.39, 0.29) is 21.6 Å². The monoisotopic (exact) mass is 320 g/mol. The summed E-state index contributed by atoms with van der Waals surface area (Å²) in [5.41, 5.74) is 5.18. The second kappa shape index (κ2) is 5.87. The lowest BCUT2D eigenvalue weighted by Gasteiger charge is -2.26. The van der Waals surface area contributed by atoms with Crippen LogP contribution in [0.2, 0.25) is 5.02 Å². The minimum Gasteiger partial charge on any atom is -0.396 e. The molecule has 0 radical (unpaired) electrons. The largest absolute Gasteiger partial charge is 0.396 e. The molecule has 0 aliphatic heterocycles. The number of halogens is 2. The fourth-order valence-corrected chi connectivity index (χ4v) is 4.27. The molecule has 1 saturated carbocycles. The first-order chi connectivity index (χ1) is 9.29. The van der Waals surface area contributed by atoms with E-state index in [1.165, 1.54) is 0 Å². The SMILES string of the molecule is CC1CCC(NS(=O)(=O)c2cc(N)c(F)cc2Cl)CC1. The average Bonchev–Trinajstić information content (AvgIpc) is 2.36. The Balaban J connectivity index is 2.20. The zero-order valence-corrected chi connectivity index (χ0v) is 12.8. The number of benzene rings is 1. The van der Waals surface area contributed by atoms with E-state index in [9.17, 15) is 12.8 Å². The Labute approximate surface area is 123 Å². The van der Waals surface area contributed by atoms with Gasteiger partial charge in [-0.1, -0.05) is 18.5 Å². The third kappa shape index (κ3) is 3.42. The van der Waals surface area contributed by atoms with Crippen LogP contribution in [0.3, 0.4) is 0 Å². The summed E-state index contributed by atoms with van der Waals surface area (Å²) in [5.74, 6) is -0.0961. The van der Waals surface area contributed by atoms with Crippen LogP contribution in [0, 0.1) is 11.7 Å². The molecule has 1 aromatic carbocycles. The fourth-order valence-electron chi connectivity index (χ4n) is 2.41. The summed E-state index contributed by atoms with van der Waals surface area (Å²) in [6, 6.07) is 1.89. The van der Waals surface area contributed by atoms with Crippen molar-refractivity contribution in [3.8, 4) is 0 Å². The van der Waals surface area contributed by atoms with Gasteiger partial charge < -0.3 is 5.73 Å². The number of sulfonamides is 1. The Morgan fingerprint density at radius 2 is 1.90 bits per heavy atom. The van der Waals surface area contributed by atoms with Gasteiger partial charge in [0.25, 0.3) is 0 Å². The van der Waals surface area contributed by atoms with Gasteiger partial charge in [-0.05, 0) is 43.7 Å². The molecule has 4 nitrogen and oxygen atoms in total. The number of rotatable bonds is 3. The van der Waals surface area contributed by atoms with Gasteiger partial charge in [0.15, 0.2) is 0 Å². The highest BCUT2D eigenvalue weighted by molar-refractivity contribution is 7.89. The number of hydrogen-bond acceptors (Lipinski definition) is 3. The van der Waals surface area contributed by atoms with Gasteiger partial charge in [-0.15, -0.1) is 0 Å². The normalized spacial score (nSPS) is 23.8. The van der Waals surface area contributed by atoms with Gasteiger partial charge in [-0.2, -0.15) is 0 Å². The van der Waals surface area contributed by atoms with Gasteiger partial charge in [0.2, 0.25) is 10.0 Å². The smallest absolute Gasteiger partial charge is 0.242 e. The van der Waals surface area contributed by atoms with Gasteiger partial charge in [-0.3, -0.25) is 0 Å². The summed E-state index contributed by atoms with van der Waals surface area (Å²) in [6.07, 6.45) is 3.59. The van der Waals surface area contributed by atoms with Crippen LogP contribution < -0.4 is 10.5 Å². The van der Waals surface area contributed by atoms with E-state index in [1.54, 1.807) is 0 Å². The second-order valence-corrected chi connectivity index (χ2v) is 7.47. The third-order valence-corrected chi connectivity index (χ3v) is 5.66.